The SMILES string of the molecule is C=CC1(COc2ccncc2)CCC2(CC1)OCCO2. The lowest BCUT2D eigenvalue weighted by molar-refractivity contribution is -0.189. The second-order valence-corrected chi connectivity index (χ2v) is 5.65. The Morgan fingerprint density at radius 1 is 1.15 bits per heavy atom. The van der Waals surface area contributed by atoms with Gasteiger partial charge in [0.2, 0.25) is 0 Å². The Morgan fingerprint density at radius 3 is 2.40 bits per heavy atom. The molecule has 2 fully saturated rings. The van der Waals surface area contributed by atoms with Crippen LogP contribution < -0.4 is 4.74 Å². The minimum Gasteiger partial charge on any atom is -0.493 e. The highest BCUT2D eigenvalue weighted by Crippen LogP contribution is 2.45. The lowest BCUT2D eigenvalue weighted by Gasteiger charge is -2.41. The monoisotopic (exact) mass is 275 g/mol. The van der Waals surface area contributed by atoms with E-state index in [1.54, 1.807) is 12.4 Å². The fourth-order valence-corrected chi connectivity index (χ4v) is 2.98. The molecule has 4 nitrogen and oxygen atoms in total. The summed E-state index contributed by atoms with van der Waals surface area (Å²) in [4.78, 5) is 3.99. The van der Waals surface area contributed by atoms with Crippen LogP contribution in [0.3, 0.4) is 0 Å². The molecule has 1 aromatic rings. The van der Waals surface area contributed by atoms with Crippen LogP contribution in [0.1, 0.15) is 25.7 Å². The van der Waals surface area contributed by atoms with Gasteiger partial charge in [0.25, 0.3) is 0 Å². The van der Waals surface area contributed by atoms with Crippen molar-refractivity contribution in [2.24, 2.45) is 5.41 Å². The summed E-state index contributed by atoms with van der Waals surface area (Å²) < 4.78 is 17.5. The first-order chi connectivity index (χ1) is 9.76. The second-order valence-electron chi connectivity index (χ2n) is 5.65. The van der Waals surface area contributed by atoms with Crippen molar-refractivity contribution in [1.82, 2.24) is 4.98 Å². The van der Waals surface area contributed by atoms with Gasteiger partial charge < -0.3 is 14.2 Å². The predicted octanol–water partition coefficient (Wildman–Crippen LogP) is 2.95. The second kappa shape index (κ2) is 5.54. The summed E-state index contributed by atoms with van der Waals surface area (Å²) >= 11 is 0. The van der Waals surface area contributed by atoms with E-state index in [-0.39, 0.29) is 11.2 Å². The zero-order chi connectivity index (χ0) is 13.9. The van der Waals surface area contributed by atoms with E-state index in [4.69, 9.17) is 14.2 Å². The summed E-state index contributed by atoms with van der Waals surface area (Å²) in [5, 5.41) is 0. The number of rotatable bonds is 4. The molecule has 1 aliphatic heterocycles. The van der Waals surface area contributed by atoms with Crippen LogP contribution in [0.2, 0.25) is 0 Å². The van der Waals surface area contributed by atoms with Crippen molar-refractivity contribution in [1.29, 1.82) is 0 Å². The molecule has 0 bridgehead atoms. The van der Waals surface area contributed by atoms with Crippen molar-refractivity contribution in [3.8, 4) is 5.75 Å². The highest BCUT2D eigenvalue weighted by atomic mass is 16.7. The van der Waals surface area contributed by atoms with E-state index in [1.165, 1.54) is 0 Å². The van der Waals surface area contributed by atoms with Gasteiger partial charge in [0, 0.05) is 30.7 Å². The smallest absolute Gasteiger partial charge is 0.168 e. The van der Waals surface area contributed by atoms with Crippen LogP contribution in [-0.2, 0) is 9.47 Å². The van der Waals surface area contributed by atoms with Gasteiger partial charge in [-0.1, -0.05) is 6.08 Å². The molecule has 1 spiro atoms. The Kier molecular flexibility index (Phi) is 3.76. The maximum atomic E-state index is 5.90. The molecule has 0 radical (unpaired) electrons. The van der Waals surface area contributed by atoms with Gasteiger partial charge in [0.15, 0.2) is 5.79 Å². The van der Waals surface area contributed by atoms with E-state index in [9.17, 15) is 0 Å². The zero-order valence-electron chi connectivity index (χ0n) is 11.7. The van der Waals surface area contributed by atoms with E-state index in [0.29, 0.717) is 19.8 Å². The van der Waals surface area contributed by atoms with Crippen LogP contribution in [0, 0.1) is 5.41 Å². The lowest BCUT2D eigenvalue weighted by atomic mass is 9.72. The maximum absolute atomic E-state index is 5.90. The van der Waals surface area contributed by atoms with Gasteiger partial charge in [-0.05, 0) is 25.0 Å². The highest BCUT2D eigenvalue weighted by Gasteiger charge is 2.45. The third kappa shape index (κ3) is 2.72. The number of pyridine rings is 1. The van der Waals surface area contributed by atoms with Gasteiger partial charge in [-0.2, -0.15) is 0 Å². The molecule has 1 saturated heterocycles. The first-order valence-corrected chi connectivity index (χ1v) is 7.20. The van der Waals surface area contributed by atoms with E-state index in [0.717, 1.165) is 31.4 Å². The molecule has 1 aromatic heterocycles. The molecule has 1 saturated carbocycles. The molecular weight excluding hydrogens is 254 g/mol. The Balaban J connectivity index is 1.60. The molecule has 0 aromatic carbocycles. The molecular formula is C16H21NO3. The van der Waals surface area contributed by atoms with Gasteiger partial charge in [0.05, 0.1) is 19.8 Å². The number of aromatic nitrogens is 1. The summed E-state index contributed by atoms with van der Waals surface area (Å²) in [5.74, 6) is 0.526. The summed E-state index contributed by atoms with van der Waals surface area (Å²) in [6, 6.07) is 3.76. The minimum absolute atomic E-state index is 0.0177. The van der Waals surface area contributed by atoms with Crippen molar-refractivity contribution in [2.45, 2.75) is 31.5 Å². The van der Waals surface area contributed by atoms with Gasteiger partial charge in [-0.15, -0.1) is 6.58 Å². The Bertz CT molecular complexity index is 444. The fraction of sp³-hybridized carbons (Fsp3) is 0.562. The molecule has 3 rings (SSSR count). The summed E-state index contributed by atoms with van der Waals surface area (Å²) in [5.41, 5.74) is 0.0177. The van der Waals surface area contributed by atoms with Crippen molar-refractivity contribution in [3.05, 3.63) is 37.2 Å². The molecule has 4 heteroatoms. The summed E-state index contributed by atoms with van der Waals surface area (Å²) in [6.07, 6.45) is 9.33. The fourth-order valence-electron chi connectivity index (χ4n) is 2.98. The normalized spacial score (nSPS) is 23.6. The summed E-state index contributed by atoms with van der Waals surface area (Å²) in [7, 11) is 0. The Labute approximate surface area is 119 Å². The van der Waals surface area contributed by atoms with Crippen molar-refractivity contribution in [3.63, 3.8) is 0 Å². The van der Waals surface area contributed by atoms with Crippen LogP contribution in [-0.4, -0.2) is 30.6 Å². The van der Waals surface area contributed by atoms with Crippen LogP contribution in [0.25, 0.3) is 0 Å². The van der Waals surface area contributed by atoms with Crippen LogP contribution in [0.5, 0.6) is 5.75 Å². The Hall–Kier alpha value is -1.39. The van der Waals surface area contributed by atoms with E-state index in [2.05, 4.69) is 11.6 Å². The molecule has 0 amide bonds. The van der Waals surface area contributed by atoms with Crippen LogP contribution in [0.15, 0.2) is 37.2 Å². The molecule has 2 heterocycles. The van der Waals surface area contributed by atoms with Gasteiger partial charge in [-0.3, -0.25) is 4.98 Å². The van der Waals surface area contributed by atoms with E-state index >= 15 is 0 Å². The van der Waals surface area contributed by atoms with Gasteiger partial charge in [0.1, 0.15) is 5.75 Å². The molecule has 108 valence electrons. The zero-order valence-corrected chi connectivity index (χ0v) is 11.7. The number of ether oxygens (including phenoxy) is 3. The average Bonchev–Trinajstić information content (AvgIpc) is 2.97. The van der Waals surface area contributed by atoms with Crippen LogP contribution in [0.4, 0.5) is 0 Å². The van der Waals surface area contributed by atoms with Crippen molar-refractivity contribution < 1.29 is 14.2 Å². The van der Waals surface area contributed by atoms with Crippen molar-refractivity contribution >= 4 is 0 Å². The van der Waals surface area contributed by atoms with Crippen LogP contribution >= 0.6 is 0 Å². The number of nitrogens with zero attached hydrogens (tertiary/aromatic N) is 1. The minimum atomic E-state index is -0.330. The topological polar surface area (TPSA) is 40.6 Å². The molecule has 2 aliphatic rings. The average molecular weight is 275 g/mol. The predicted molar refractivity (Wildman–Crippen MR) is 75.5 cm³/mol. The third-order valence-electron chi connectivity index (χ3n) is 4.43. The standard InChI is InChI=1S/C16H21NO3/c1-2-15(13-18-14-3-9-17-10-4-14)5-7-16(8-6-15)19-11-12-20-16/h2-4,9-10H,1,5-8,11-13H2. The van der Waals surface area contributed by atoms with E-state index < -0.39 is 0 Å². The molecule has 1 aliphatic carbocycles. The van der Waals surface area contributed by atoms with Crippen molar-refractivity contribution in [2.75, 3.05) is 19.8 Å². The molecule has 20 heavy (non-hydrogen) atoms. The molecule has 0 N–H and O–H groups in total. The summed E-state index contributed by atoms with van der Waals surface area (Å²) in [6.45, 7) is 6.09. The Morgan fingerprint density at radius 2 is 1.80 bits per heavy atom. The van der Waals surface area contributed by atoms with E-state index in [1.807, 2.05) is 18.2 Å². The third-order valence-corrected chi connectivity index (χ3v) is 4.43. The first-order valence-electron chi connectivity index (χ1n) is 7.20. The van der Waals surface area contributed by atoms with Gasteiger partial charge >= 0.3 is 0 Å². The number of hydrogen-bond donors (Lipinski definition) is 0. The largest absolute Gasteiger partial charge is 0.493 e. The first kappa shape index (κ1) is 13.6. The molecule has 0 atom stereocenters. The number of hydrogen-bond acceptors (Lipinski definition) is 4. The quantitative estimate of drug-likeness (QED) is 0.792. The maximum Gasteiger partial charge on any atom is 0.168 e. The van der Waals surface area contributed by atoms with Gasteiger partial charge in [-0.25, -0.2) is 0 Å². The lowest BCUT2D eigenvalue weighted by Crippen LogP contribution is -2.41. The highest BCUT2D eigenvalue weighted by molar-refractivity contribution is 5.17. The molecule has 0 unspecified atom stereocenters.